The minimum absolute atomic E-state index is 0.136. The number of carbonyl (C=O) groups excluding carboxylic acids is 1. The SMILES string of the molecule is C[C@@H](Nc1nccc(-c2cc3cnc(NC(=O)c4cnn(C)c4)cc3[nH]2)n1)C(F)(F)F. The summed E-state index contributed by atoms with van der Waals surface area (Å²) in [5.74, 6) is -0.153. The van der Waals surface area contributed by atoms with Crippen molar-refractivity contribution in [2.45, 2.75) is 19.1 Å². The van der Waals surface area contributed by atoms with Crippen LogP contribution in [0.3, 0.4) is 0 Å². The van der Waals surface area contributed by atoms with Crippen LogP contribution in [-0.4, -0.2) is 47.8 Å². The van der Waals surface area contributed by atoms with Gasteiger partial charge in [0.2, 0.25) is 5.95 Å². The van der Waals surface area contributed by atoms with Gasteiger partial charge < -0.3 is 15.6 Å². The van der Waals surface area contributed by atoms with E-state index in [1.54, 1.807) is 37.6 Å². The second kappa shape index (κ2) is 7.70. The summed E-state index contributed by atoms with van der Waals surface area (Å²) >= 11 is 0. The highest BCUT2D eigenvalue weighted by atomic mass is 19.4. The quantitative estimate of drug-likeness (QED) is 0.447. The van der Waals surface area contributed by atoms with Crippen LogP contribution in [0.25, 0.3) is 22.3 Å². The lowest BCUT2D eigenvalue weighted by atomic mass is 10.2. The molecule has 0 bridgehead atoms. The van der Waals surface area contributed by atoms with Crippen LogP contribution >= 0.6 is 0 Å². The summed E-state index contributed by atoms with van der Waals surface area (Å²) in [6, 6.07) is 3.20. The summed E-state index contributed by atoms with van der Waals surface area (Å²) < 4.78 is 39.8. The summed E-state index contributed by atoms with van der Waals surface area (Å²) in [6.45, 7) is 0.992. The van der Waals surface area contributed by atoms with E-state index in [1.807, 2.05) is 0 Å². The van der Waals surface area contributed by atoms with Crippen molar-refractivity contribution < 1.29 is 18.0 Å². The number of nitrogens with zero attached hydrogens (tertiary/aromatic N) is 5. The molecule has 0 saturated heterocycles. The number of aromatic amines is 1. The second-order valence-electron chi connectivity index (χ2n) is 6.87. The Morgan fingerprint density at radius 3 is 2.74 bits per heavy atom. The fourth-order valence-corrected chi connectivity index (χ4v) is 2.81. The summed E-state index contributed by atoms with van der Waals surface area (Å²) in [6.07, 6.45) is 1.56. The number of hydrogen-bond acceptors (Lipinski definition) is 6. The van der Waals surface area contributed by atoms with Crippen molar-refractivity contribution in [2.24, 2.45) is 7.05 Å². The minimum Gasteiger partial charge on any atom is -0.353 e. The first kappa shape index (κ1) is 20.3. The molecule has 9 nitrogen and oxygen atoms in total. The van der Waals surface area contributed by atoms with Gasteiger partial charge in [-0.2, -0.15) is 18.3 Å². The van der Waals surface area contributed by atoms with Gasteiger partial charge in [0, 0.05) is 37.1 Å². The highest BCUT2D eigenvalue weighted by molar-refractivity contribution is 6.04. The molecule has 0 unspecified atom stereocenters. The summed E-state index contributed by atoms with van der Waals surface area (Å²) in [5, 5.41) is 9.63. The van der Waals surface area contributed by atoms with Crippen molar-refractivity contribution in [3.63, 3.8) is 0 Å². The van der Waals surface area contributed by atoms with E-state index in [1.165, 1.54) is 17.1 Å². The molecule has 0 fully saturated rings. The van der Waals surface area contributed by atoms with Crippen LogP contribution in [0.1, 0.15) is 17.3 Å². The molecule has 1 atom stereocenters. The van der Waals surface area contributed by atoms with Crippen LogP contribution in [-0.2, 0) is 7.05 Å². The third-order valence-electron chi connectivity index (χ3n) is 4.48. The van der Waals surface area contributed by atoms with Gasteiger partial charge in [-0.15, -0.1) is 0 Å². The van der Waals surface area contributed by atoms with Gasteiger partial charge in [0.1, 0.15) is 11.9 Å². The number of nitrogens with one attached hydrogen (secondary N) is 3. The lowest BCUT2D eigenvalue weighted by molar-refractivity contribution is -0.138. The van der Waals surface area contributed by atoms with E-state index in [2.05, 4.69) is 35.7 Å². The predicted octanol–water partition coefficient (Wildman–Crippen LogP) is 3.37. The Labute approximate surface area is 173 Å². The van der Waals surface area contributed by atoms with Crippen molar-refractivity contribution in [1.82, 2.24) is 29.7 Å². The van der Waals surface area contributed by atoms with Gasteiger partial charge in [-0.05, 0) is 19.1 Å². The number of carbonyl (C=O) groups is 1. The number of amides is 1. The van der Waals surface area contributed by atoms with Crippen molar-refractivity contribution >= 4 is 28.6 Å². The first-order chi connectivity index (χ1) is 14.7. The molecular formula is C19H17F3N8O. The van der Waals surface area contributed by atoms with Gasteiger partial charge in [0.15, 0.2) is 0 Å². The van der Waals surface area contributed by atoms with E-state index in [4.69, 9.17) is 0 Å². The van der Waals surface area contributed by atoms with Gasteiger partial charge >= 0.3 is 6.18 Å². The standard InChI is InChI=1S/C19H17F3N8O/c1-10(19(20,21)22)26-18-23-4-3-13(28-18)15-5-11-7-24-16(6-14(11)27-15)29-17(31)12-8-25-30(2)9-12/h3-10,27H,1-2H3,(H,23,26,28)(H,24,29,31)/t10-/m1/s1. The Morgan fingerprint density at radius 1 is 1.23 bits per heavy atom. The summed E-state index contributed by atoms with van der Waals surface area (Å²) in [4.78, 5) is 27.6. The molecule has 0 aromatic carbocycles. The molecule has 0 radical (unpaired) electrons. The molecule has 4 aromatic heterocycles. The van der Waals surface area contributed by atoms with E-state index in [9.17, 15) is 18.0 Å². The highest BCUT2D eigenvalue weighted by Gasteiger charge is 2.36. The maximum Gasteiger partial charge on any atom is 0.408 e. The highest BCUT2D eigenvalue weighted by Crippen LogP contribution is 2.26. The average Bonchev–Trinajstić information content (AvgIpc) is 3.33. The Hall–Kier alpha value is -3.96. The minimum atomic E-state index is -4.41. The number of rotatable bonds is 5. The lowest BCUT2D eigenvalue weighted by Crippen LogP contribution is -2.33. The fourth-order valence-electron chi connectivity index (χ4n) is 2.81. The normalized spacial score (nSPS) is 12.7. The molecule has 0 aliphatic heterocycles. The molecular weight excluding hydrogens is 413 g/mol. The molecule has 31 heavy (non-hydrogen) atoms. The largest absolute Gasteiger partial charge is 0.408 e. The van der Waals surface area contributed by atoms with Crippen LogP contribution in [0.5, 0.6) is 0 Å². The van der Waals surface area contributed by atoms with E-state index in [0.29, 0.717) is 28.3 Å². The molecule has 4 aromatic rings. The Bertz CT molecular complexity index is 1250. The average molecular weight is 430 g/mol. The number of fused-ring (bicyclic) bond motifs is 1. The van der Waals surface area contributed by atoms with Crippen molar-refractivity contribution in [3.8, 4) is 11.4 Å². The van der Waals surface area contributed by atoms with Crippen molar-refractivity contribution in [3.05, 3.63) is 48.5 Å². The number of aromatic nitrogens is 6. The topological polar surface area (TPSA) is 113 Å². The molecule has 4 heterocycles. The van der Waals surface area contributed by atoms with E-state index < -0.39 is 12.2 Å². The molecule has 0 spiro atoms. The fraction of sp³-hybridized carbons (Fsp3) is 0.211. The van der Waals surface area contributed by atoms with Crippen molar-refractivity contribution in [1.29, 1.82) is 0 Å². The predicted molar refractivity (Wildman–Crippen MR) is 107 cm³/mol. The third-order valence-corrected chi connectivity index (χ3v) is 4.48. The van der Waals surface area contributed by atoms with Gasteiger partial charge in [0.25, 0.3) is 5.91 Å². The molecule has 4 rings (SSSR count). The zero-order valence-electron chi connectivity index (χ0n) is 16.4. The van der Waals surface area contributed by atoms with Gasteiger partial charge in [0.05, 0.1) is 28.7 Å². The number of halogens is 3. The van der Waals surface area contributed by atoms with Crippen LogP contribution < -0.4 is 10.6 Å². The number of pyridine rings is 1. The second-order valence-corrected chi connectivity index (χ2v) is 6.87. The molecule has 0 saturated carbocycles. The maximum atomic E-state index is 12.8. The molecule has 0 aliphatic rings. The lowest BCUT2D eigenvalue weighted by Gasteiger charge is -2.17. The number of H-pyrrole nitrogens is 1. The summed E-state index contributed by atoms with van der Waals surface area (Å²) in [5.41, 5.74) is 2.04. The van der Waals surface area contributed by atoms with E-state index in [-0.39, 0.29) is 11.9 Å². The van der Waals surface area contributed by atoms with Crippen LogP contribution in [0, 0.1) is 0 Å². The summed E-state index contributed by atoms with van der Waals surface area (Å²) in [7, 11) is 1.71. The first-order valence-electron chi connectivity index (χ1n) is 9.14. The van der Waals surface area contributed by atoms with Gasteiger partial charge in [-0.25, -0.2) is 15.0 Å². The van der Waals surface area contributed by atoms with Gasteiger partial charge in [-0.3, -0.25) is 9.48 Å². The number of anilines is 2. The zero-order chi connectivity index (χ0) is 22.2. The smallest absolute Gasteiger partial charge is 0.353 e. The molecule has 160 valence electrons. The van der Waals surface area contributed by atoms with Crippen molar-refractivity contribution in [2.75, 3.05) is 10.6 Å². The monoisotopic (exact) mass is 430 g/mol. The van der Waals surface area contributed by atoms with E-state index >= 15 is 0 Å². The number of alkyl halides is 3. The Kier molecular flexibility index (Phi) is 5.05. The number of hydrogen-bond donors (Lipinski definition) is 3. The molecule has 12 heteroatoms. The Morgan fingerprint density at radius 2 is 2.03 bits per heavy atom. The first-order valence-corrected chi connectivity index (χ1v) is 9.14. The zero-order valence-corrected chi connectivity index (χ0v) is 16.4. The molecule has 1 amide bonds. The third kappa shape index (κ3) is 4.47. The number of aryl methyl sites for hydroxylation is 1. The Balaban J connectivity index is 1.56. The van der Waals surface area contributed by atoms with Crippen LogP contribution in [0.15, 0.2) is 43.0 Å². The van der Waals surface area contributed by atoms with Gasteiger partial charge in [-0.1, -0.05) is 0 Å². The molecule has 3 N–H and O–H groups in total. The van der Waals surface area contributed by atoms with E-state index in [0.717, 1.165) is 12.3 Å². The maximum absolute atomic E-state index is 12.8. The van der Waals surface area contributed by atoms with Crippen LogP contribution in [0.4, 0.5) is 24.9 Å². The van der Waals surface area contributed by atoms with Crippen LogP contribution in [0.2, 0.25) is 0 Å². The molecule has 0 aliphatic carbocycles.